The van der Waals surface area contributed by atoms with Gasteiger partial charge in [-0.25, -0.2) is 4.79 Å². The predicted octanol–water partition coefficient (Wildman–Crippen LogP) is 2.89. The van der Waals surface area contributed by atoms with E-state index >= 15 is 0 Å². The van der Waals surface area contributed by atoms with Crippen molar-refractivity contribution in [2.75, 3.05) is 6.61 Å². The van der Waals surface area contributed by atoms with Crippen molar-refractivity contribution in [2.45, 2.75) is 38.3 Å². The van der Waals surface area contributed by atoms with Crippen LogP contribution in [0.1, 0.15) is 37.3 Å². The van der Waals surface area contributed by atoms with E-state index in [1.54, 1.807) is 6.92 Å². The molecule has 2 amide bonds. The number of hydrogen-bond donors (Lipinski definition) is 3. The third-order valence-electron chi connectivity index (χ3n) is 5.09. The van der Waals surface area contributed by atoms with Crippen LogP contribution >= 0.6 is 0 Å². The number of hydrogen-bond acceptors (Lipinski definition) is 4. The first-order valence-corrected chi connectivity index (χ1v) is 9.57. The van der Waals surface area contributed by atoms with Crippen molar-refractivity contribution < 1.29 is 24.2 Å². The quantitative estimate of drug-likeness (QED) is 0.667. The van der Waals surface area contributed by atoms with Gasteiger partial charge in [0.05, 0.1) is 0 Å². The summed E-state index contributed by atoms with van der Waals surface area (Å²) < 4.78 is 5.43. The van der Waals surface area contributed by atoms with Crippen LogP contribution in [0.15, 0.2) is 48.5 Å². The highest BCUT2D eigenvalue weighted by atomic mass is 16.5. The summed E-state index contributed by atoms with van der Waals surface area (Å²) in [5.41, 5.74) is 4.46. The average Bonchev–Trinajstić information content (AvgIpc) is 3.04. The van der Waals surface area contributed by atoms with E-state index in [4.69, 9.17) is 9.84 Å². The van der Waals surface area contributed by atoms with E-state index in [2.05, 4.69) is 22.8 Å². The zero-order valence-electron chi connectivity index (χ0n) is 16.3. The van der Waals surface area contributed by atoms with Crippen LogP contribution in [0, 0.1) is 0 Å². The van der Waals surface area contributed by atoms with Crippen molar-refractivity contribution in [3.63, 3.8) is 0 Å². The lowest BCUT2D eigenvalue weighted by Crippen LogP contribution is -2.50. The number of alkyl carbamates (subject to hydrolysis) is 1. The molecule has 7 nitrogen and oxygen atoms in total. The van der Waals surface area contributed by atoms with Gasteiger partial charge < -0.3 is 20.5 Å². The fraction of sp³-hybridized carbons (Fsp3) is 0.318. The maximum absolute atomic E-state index is 12.3. The highest BCUT2D eigenvalue weighted by molar-refractivity contribution is 5.89. The summed E-state index contributed by atoms with van der Waals surface area (Å²) in [6.45, 7) is 3.23. The van der Waals surface area contributed by atoms with Crippen LogP contribution in [0.4, 0.5) is 4.79 Å². The second kappa shape index (κ2) is 8.77. The highest BCUT2D eigenvalue weighted by Crippen LogP contribution is 2.44. The molecule has 2 aromatic rings. The molecule has 1 unspecified atom stereocenters. The molecule has 0 aliphatic heterocycles. The van der Waals surface area contributed by atoms with Crippen LogP contribution in [-0.2, 0) is 14.3 Å². The minimum atomic E-state index is -1.14. The Labute approximate surface area is 169 Å². The molecular weight excluding hydrogens is 372 g/mol. The van der Waals surface area contributed by atoms with E-state index in [0.29, 0.717) is 6.42 Å². The van der Waals surface area contributed by atoms with Crippen molar-refractivity contribution in [2.24, 2.45) is 0 Å². The van der Waals surface area contributed by atoms with Crippen LogP contribution in [-0.4, -0.2) is 41.8 Å². The Balaban J connectivity index is 1.63. The summed E-state index contributed by atoms with van der Waals surface area (Å²) in [5.74, 6) is -1.78. The van der Waals surface area contributed by atoms with E-state index in [1.165, 1.54) is 6.92 Å². The Hall–Kier alpha value is -3.35. The number of ether oxygens (including phenoxy) is 1. The van der Waals surface area contributed by atoms with Crippen LogP contribution in [0.5, 0.6) is 0 Å². The second-order valence-corrected chi connectivity index (χ2v) is 7.00. The standard InChI is InChI=1S/C22H24N2O5/c1-3-19(20(25)23-13(2)21(26)27)24-22(28)29-12-18-16-10-6-4-8-14(16)15-9-5-7-11-17(15)18/h4-11,13,18-19H,3,12H2,1-2H3,(H,23,25)(H,24,28)(H,26,27)/t13-,19?/m1/s1. The number of carbonyl (C=O) groups is 3. The van der Waals surface area contributed by atoms with E-state index in [0.717, 1.165) is 22.3 Å². The van der Waals surface area contributed by atoms with Gasteiger partial charge >= 0.3 is 12.1 Å². The number of benzene rings is 2. The zero-order valence-corrected chi connectivity index (χ0v) is 16.3. The van der Waals surface area contributed by atoms with E-state index in [9.17, 15) is 14.4 Å². The first-order valence-electron chi connectivity index (χ1n) is 9.57. The van der Waals surface area contributed by atoms with Gasteiger partial charge in [0.1, 0.15) is 18.7 Å². The molecule has 152 valence electrons. The molecule has 7 heteroatoms. The maximum Gasteiger partial charge on any atom is 0.407 e. The molecule has 29 heavy (non-hydrogen) atoms. The lowest BCUT2D eigenvalue weighted by Gasteiger charge is -2.19. The van der Waals surface area contributed by atoms with Crippen LogP contribution < -0.4 is 10.6 Å². The fourth-order valence-electron chi connectivity index (χ4n) is 3.51. The summed E-state index contributed by atoms with van der Waals surface area (Å²) in [7, 11) is 0. The van der Waals surface area contributed by atoms with Crippen molar-refractivity contribution in [3.05, 3.63) is 59.7 Å². The van der Waals surface area contributed by atoms with Crippen LogP contribution in [0.2, 0.25) is 0 Å². The molecule has 0 saturated heterocycles. The van der Waals surface area contributed by atoms with Gasteiger partial charge in [-0.15, -0.1) is 0 Å². The topological polar surface area (TPSA) is 105 Å². The summed E-state index contributed by atoms with van der Waals surface area (Å²) in [4.78, 5) is 35.3. The van der Waals surface area contributed by atoms with Gasteiger partial charge in [-0.05, 0) is 35.6 Å². The third-order valence-corrected chi connectivity index (χ3v) is 5.09. The SMILES string of the molecule is CCC(NC(=O)OCC1c2ccccc2-c2ccccc21)C(=O)N[C@H](C)C(=O)O. The van der Waals surface area contributed by atoms with Crippen LogP contribution in [0.3, 0.4) is 0 Å². The molecule has 0 heterocycles. The lowest BCUT2D eigenvalue weighted by atomic mass is 9.98. The van der Waals surface area contributed by atoms with E-state index < -0.39 is 30.1 Å². The molecule has 0 spiro atoms. The van der Waals surface area contributed by atoms with Crippen LogP contribution in [0.25, 0.3) is 11.1 Å². The summed E-state index contributed by atoms with van der Waals surface area (Å²) >= 11 is 0. The molecule has 0 radical (unpaired) electrons. The van der Waals surface area contributed by atoms with E-state index in [-0.39, 0.29) is 12.5 Å². The molecule has 0 fully saturated rings. The molecular formula is C22H24N2O5. The Morgan fingerprint density at radius 1 is 1.00 bits per heavy atom. The highest BCUT2D eigenvalue weighted by Gasteiger charge is 2.29. The summed E-state index contributed by atoms with van der Waals surface area (Å²) in [6, 6.07) is 14.1. The Kier molecular flexibility index (Phi) is 6.16. The smallest absolute Gasteiger partial charge is 0.407 e. The molecule has 0 aromatic heterocycles. The van der Waals surface area contributed by atoms with Gasteiger partial charge in [0.15, 0.2) is 0 Å². The number of rotatable bonds is 7. The number of carboxylic acids is 1. The monoisotopic (exact) mass is 396 g/mol. The first-order chi connectivity index (χ1) is 13.9. The fourth-order valence-corrected chi connectivity index (χ4v) is 3.51. The first kappa shape index (κ1) is 20.4. The lowest BCUT2D eigenvalue weighted by molar-refractivity contribution is -0.141. The molecule has 0 bridgehead atoms. The Morgan fingerprint density at radius 3 is 2.07 bits per heavy atom. The van der Waals surface area contributed by atoms with E-state index in [1.807, 2.05) is 36.4 Å². The van der Waals surface area contributed by atoms with Crippen molar-refractivity contribution in [1.29, 1.82) is 0 Å². The molecule has 3 rings (SSSR count). The molecule has 2 atom stereocenters. The van der Waals surface area contributed by atoms with Gasteiger partial charge in [0, 0.05) is 5.92 Å². The normalized spacial score (nSPS) is 14.3. The van der Waals surface area contributed by atoms with Gasteiger partial charge in [0.25, 0.3) is 0 Å². The second-order valence-electron chi connectivity index (χ2n) is 7.00. The number of nitrogens with one attached hydrogen (secondary N) is 2. The predicted molar refractivity (Wildman–Crippen MR) is 108 cm³/mol. The Morgan fingerprint density at radius 2 is 1.55 bits per heavy atom. The molecule has 1 aliphatic carbocycles. The zero-order chi connectivity index (χ0) is 21.0. The third kappa shape index (κ3) is 4.39. The van der Waals surface area contributed by atoms with Gasteiger partial charge in [-0.2, -0.15) is 0 Å². The molecule has 1 aliphatic rings. The minimum Gasteiger partial charge on any atom is -0.480 e. The molecule has 2 aromatic carbocycles. The maximum atomic E-state index is 12.3. The van der Waals surface area contributed by atoms with Gasteiger partial charge in [0.2, 0.25) is 5.91 Å². The van der Waals surface area contributed by atoms with Crippen molar-refractivity contribution in [3.8, 4) is 11.1 Å². The summed E-state index contributed by atoms with van der Waals surface area (Å²) in [5, 5.41) is 13.8. The molecule has 3 N–H and O–H groups in total. The number of aliphatic carboxylic acids is 1. The number of carboxylic acid groups (broad SMARTS) is 1. The largest absolute Gasteiger partial charge is 0.480 e. The van der Waals surface area contributed by atoms with Gasteiger partial charge in [-0.3, -0.25) is 9.59 Å². The Bertz CT molecular complexity index is 881. The average molecular weight is 396 g/mol. The minimum absolute atomic E-state index is 0.0749. The van der Waals surface area contributed by atoms with Gasteiger partial charge in [-0.1, -0.05) is 55.5 Å². The number of fused-ring (bicyclic) bond motifs is 3. The number of amides is 2. The van der Waals surface area contributed by atoms with Crippen molar-refractivity contribution >= 4 is 18.0 Å². The molecule has 0 saturated carbocycles. The number of carbonyl (C=O) groups excluding carboxylic acids is 2. The summed E-state index contributed by atoms with van der Waals surface area (Å²) in [6.07, 6.45) is -0.403. The van der Waals surface area contributed by atoms with Crippen molar-refractivity contribution in [1.82, 2.24) is 10.6 Å².